The molecule has 0 aliphatic carbocycles. The highest BCUT2D eigenvalue weighted by molar-refractivity contribution is 6.30. The topological polar surface area (TPSA) is 51.8 Å². The maximum atomic E-state index is 6.69. The summed E-state index contributed by atoms with van der Waals surface area (Å²) in [6.45, 7) is 0. The fourth-order valence-corrected chi connectivity index (χ4v) is 5.88. The van der Waals surface area contributed by atoms with E-state index in [1.165, 1.54) is 0 Å². The van der Waals surface area contributed by atoms with Gasteiger partial charge >= 0.3 is 0 Å². The van der Waals surface area contributed by atoms with Crippen LogP contribution in [0.15, 0.2) is 150 Å². The van der Waals surface area contributed by atoms with E-state index in [-0.39, 0.29) is 0 Å². The Morgan fingerprint density at radius 3 is 1.59 bits per heavy atom. The Bertz CT molecular complexity index is 2300. The molecule has 2 aromatic heterocycles. The highest BCUT2D eigenvalue weighted by Crippen LogP contribution is 2.39. The van der Waals surface area contributed by atoms with Gasteiger partial charge in [-0.15, -0.1) is 0 Å². The zero-order valence-corrected chi connectivity index (χ0v) is 24.2. The van der Waals surface area contributed by atoms with Gasteiger partial charge in [-0.25, -0.2) is 15.0 Å². The van der Waals surface area contributed by atoms with E-state index in [2.05, 4.69) is 48.5 Å². The molecule has 0 radical (unpaired) electrons. The zero-order chi connectivity index (χ0) is 29.5. The number of benzene rings is 6. The van der Waals surface area contributed by atoms with Crippen LogP contribution < -0.4 is 0 Å². The molecular formula is C39H24ClN3O. The lowest BCUT2D eigenvalue weighted by atomic mass is 10.0. The summed E-state index contributed by atoms with van der Waals surface area (Å²) in [4.78, 5) is 15.0. The van der Waals surface area contributed by atoms with Gasteiger partial charge in [0, 0.05) is 32.5 Å². The number of hydrogen-bond donors (Lipinski definition) is 0. The first-order valence-electron chi connectivity index (χ1n) is 14.4. The van der Waals surface area contributed by atoms with E-state index in [0.717, 1.165) is 60.9 Å². The third kappa shape index (κ3) is 4.72. The normalized spacial score (nSPS) is 11.3. The first-order valence-corrected chi connectivity index (χ1v) is 14.8. The average molecular weight is 586 g/mol. The lowest BCUT2D eigenvalue weighted by molar-refractivity contribution is 0.670. The number of para-hydroxylation sites is 2. The lowest BCUT2D eigenvalue weighted by Crippen LogP contribution is -2.00. The van der Waals surface area contributed by atoms with E-state index in [1.54, 1.807) is 0 Å². The molecule has 6 aromatic carbocycles. The highest BCUT2D eigenvalue weighted by Gasteiger charge is 2.19. The maximum Gasteiger partial charge on any atom is 0.167 e. The summed E-state index contributed by atoms with van der Waals surface area (Å²) in [5.74, 6) is 1.72. The molecule has 0 saturated carbocycles. The number of nitrogens with zero attached hydrogens (tertiary/aromatic N) is 3. The molecule has 0 spiro atoms. The largest absolute Gasteiger partial charge is 0.455 e. The minimum atomic E-state index is 0.549. The van der Waals surface area contributed by atoms with Crippen LogP contribution >= 0.6 is 11.6 Å². The van der Waals surface area contributed by atoms with E-state index >= 15 is 0 Å². The molecule has 0 aliphatic heterocycles. The van der Waals surface area contributed by atoms with Crippen LogP contribution in [-0.4, -0.2) is 15.0 Å². The van der Waals surface area contributed by atoms with E-state index in [4.69, 9.17) is 31.0 Å². The van der Waals surface area contributed by atoms with Crippen molar-refractivity contribution in [2.45, 2.75) is 0 Å². The van der Waals surface area contributed by atoms with Crippen molar-refractivity contribution in [3.8, 4) is 56.4 Å². The van der Waals surface area contributed by atoms with Gasteiger partial charge in [0.25, 0.3) is 0 Å². The molecule has 0 N–H and O–H groups in total. The molecule has 208 valence electrons. The van der Waals surface area contributed by atoms with E-state index in [0.29, 0.717) is 22.5 Å². The number of halogens is 1. The van der Waals surface area contributed by atoms with Crippen molar-refractivity contribution in [2.75, 3.05) is 0 Å². The molecule has 8 aromatic rings. The number of aromatic nitrogens is 3. The standard InChI is InChI=1S/C39H24ClN3O/c40-30-18-8-16-28(24-30)27-15-7-17-29(23-27)38-41-37(26-13-5-2-6-14-26)42-39(43-38)34-22-10-21-33-32-20-9-19-31(35(32)44-36(33)34)25-11-3-1-4-12-25/h1-24H. The van der Waals surface area contributed by atoms with E-state index in [9.17, 15) is 0 Å². The monoisotopic (exact) mass is 585 g/mol. The van der Waals surface area contributed by atoms with Crippen LogP contribution in [0.5, 0.6) is 0 Å². The van der Waals surface area contributed by atoms with Crippen LogP contribution in [0.1, 0.15) is 0 Å². The fourth-order valence-electron chi connectivity index (χ4n) is 5.69. The van der Waals surface area contributed by atoms with Crippen molar-refractivity contribution in [2.24, 2.45) is 0 Å². The summed E-state index contributed by atoms with van der Waals surface area (Å²) in [7, 11) is 0. The van der Waals surface area contributed by atoms with Crippen molar-refractivity contribution in [1.82, 2.24) is 15.0 Å². The van der Waals surface area contributed by atoms with Gasteiger partial charge in [0.2, 0.25) is 0 Å². The van der Waals surface area contributed by atoms with Crippen molar-refractivity contribution in [1.29, 1.82) is 0 Å². The Hall–Kier alpha value is -5.58. The molecule has 0 bridgehead atoms. The summed E-state index contributed by atoms with van der Waals surface area (Å²) in [5.41, 5.74) is 8.39. The Balaban J connectivity index is 1.34. The summed E-state index contributed by atoms with van der Waals surface area (Å²) in [6.07, 6.45) is 0. The van der Waals surface area contributed by atoms with Gasteiger partial charge in [-0.1, -0.05) is 133 Å². The first kappa shape index (κ1) is 26.1. The van der Waals surface area contributed by atoms with Gasteiger partial charge in [0.15, 0.2) is 17.5 Å². The maximum absolute atomic E-state index is 6.69. The van der Waals surface area contributed by atoms with Gasteiger partial charge in [-0.05, 0) is 41.0 Å². The van der Waals surface area contributed by atoms with Gasteiger partial charge in [0.1, 0.15) is 11.2 Å². The van der Waals surface area contributed by atoms with Crippen LogP contribution in [0.4, 0.5) is 0 Å². The molecular weight excluding hydrogens is 562 g/mol. The Labute approximate surface area is 259 Å². The number of fused-ring (bicyclic) bond motifs is 3. The van der Waals surface area contributed by atoms with Crippen LogP contribution in [-0.2, 0) is 0 Å². The Morgan fingerprint density at radius 2 is 0.886 bits per heavy atom. The van der Waals surface area contributed by atoms with Gasteiger partial charge in [-0.3, -0.25) is 0 Å². The summed E-state index contributed by atoms with van der Waals surface area (Å²) < 4.78 is 6.69. The molecule has 0 amide bonds. The summed E-state index contributed by atoms with van der Waals surface area (Å²) in [6, 6.07) is 48.8. The van der Waals surface area contributed by atoms with Gasteiger partial charge in [0.05, 0.1) is 5.56 Å². The molecule has 0 saturated heterocycles. The van der Waals surface area contributed by atoms with Crippen LogP contribution in [0.2, 0.25) is 5.02 Å². The van der Waals surface area contributed by atoms with Crippen molar-refractivity contribution < 1.29 is 4.42 Å². The number of hydrogen-bond acceptors (Lipinski definition) is 4. The zero-order valence-electron chi connectivity index (χ0n) is 23.5. The molecule has 44 heavy (non-hydrogen) atoms. The molecule has 5 heteroatoms. The number of furan rings is 1. The van der Waals surface area contributed by atoms with Crippen LogP contribution in [0.3, 0.4) is 0 Å². The quantitative estimate of drug-likeness (QED) is 0.201. The minimum Gasteiger partial charge on any atom is -0.455 e. The third-order valence-electron chi connectivity index (χ3n) is 7.80. The summed E-state index contributed by atoms with van der Waals surface area (Å²) >= 11 is 6.31. The second-order valence-corrected chi connectivity index (χ2v) is 11.0. The molecule has 2 heterocycles. The Morgan fingerprint density at radius 1 is 0.386 bits per heavy atom. The molecule has 4 nitrogen and oxygen atoms in total. The second kappa shape index (κ2) is 10.9. The predicted octanol–water partition coefficient (Wildman–Crippen LogP) is 10.8. The molecule has 0 unspecified atom stereocenters. The highest BCUT2D eigenvalue weighted by atomic mass is 35.5. The average Bonchev–Trinajstić information content (AvgIpc) is 3.48. The number of rotatable bonds is 5. The van der Waals surface area contributed by atoms with Crippen LogP contribution in [0.25, 0.3) is 78.4 Å². The van der Waals surface area contributed by atoms with Crippen molar-refractivity contribution in [3.05, 3.63) is 151 Å². The third-order valence-corrected chi connectivity index (χ3v) is 8.03. The van der Waals surface area contributed by atoms with Gasteiger partial charge < -0.3 is 4.42 Å². The van der Waals surface area contributed by atoms with Crippen molar-refractivity contribution >= 4 is 33.5 Å². The first-order chi connectivity index (χ1) is 21.7. The molecule has 8 rings (SSSR count). The fraction of sp³-hybridized carbons (Fsp3) is 0. The van der Waals surface area contributed by atoms with E-state index in [1.807, 2.05) is 97.1 Å². The predicted molar refractivity (Wildman–Crippen MR) is 179 cm³/mol. The van der Waals surface area contributed by atoms with E-state index < -0.39 is 0 Å². The summed E-state index contributed by atoms with van der Waals surface area (Å²) in [5, 5.41) is 2.76. The van der Waals surface area contributed by atoms with Crippen molar-refractivity contribution in [3.63, 3.8) is 0 Å². The Kier molecular flexibility index (Phi) is 6.47. The lowest BCUT2D eigenvalue weighted by Gasteiger charge is -2.10. The van der Waals surface area contributed by atoms with Crippen LogP contribution in [0, 0.1) is 0 Å². The molecule has 0 atom stereocenters. The smallest absolute Gasteiger partial charge is 0.167 e. The minimum absolute atomic E-state index is 0.549. The van der Waals surface area contributed by atoms with Gasteiger partial charge in [-0.2, -0.15) is 0 Å². The second-order valence-electron chi connectivity index (χ2n) is 10.6. The SMILES string of the molecule is Clc1cccc(-c2cccc(-c3nc(-c4ccccc4)nc(-c4cccc5c4oc4c(-c6ccccc6)cccc45)n3)c2)c1. The molecule has 0 fully saturated rings. The molecule has 0 aliphatic rings.